The molecular formula is C19H37NO. The maximum Gasteiger partial charge on any atom is 0.235 e. The van der Waals surface area contributed by atoms with E-state index in [9.17, 15) is 4.79 Å². The summed E-state index contributed by atoms with van der Waals surface area (Å²) in [6, 6.07) is 0. The molecular weight excluding hydrogens is 258 g/mol. The van der Waals surface area contributed by atoms with Crippen LogP contribution in [0.1, 0.15) is 111 Å². The highest BCUT2D eigenvalue weighted by molar-refractivity contribution is 5.34. The summed E-state index contributed by atoms with van der Waals surface area (Å²) in [6.45, 7) is 6.30. The lowest BCUT2D eigenvalue weighted by molar-refractivity contribution is 0.437. The molecule has 0 saturated carbocycles. The molecule has 0 amide bonds. The maximum atomic E-state index is 10.3. The molecule has 0 unspecified atom stereocenters. The lowest BCUT2D eigenvalue weighted by atomic mass is 9.97. The Morgan fingerprint density at radius 3 is 1.48 bits per heavy atom. The fourth-order valence-electron chi connectivity index (χ4n) is 2.75. The number of rotatable bonds is 15. The van der Waals surface area contributed by atoms with Crippen molar-refractivity contribution in [3.05, 3.63) is 0 Å². The van der Waals surface area contributed by atoms with Gasteiger partial charge in [0.1, 0.15) is 0 Å². The molecule has 0 heterocycles. The Balaban J connectivity index is 3.17. The zero-order valence-electron chi connectivity index (χ0n) is 14.8. The summed E-state index contributed by atoms with van der Waals surface area (Å²) in [7, 11) is 0. The van der Waals surface area contributed by atoms with Crippen molar-refractivity contribution in [1.82, 2.24) is 0 Å². The van der Waals surface area contributed by atoms with Crippen molar-refractivity contribution in [2.24, 2.45) is 4.99 Å². The van der Waals surface area contributed by atoms with Crippen molar-refractivity contribution in [3.63, 3.8) is 0 Å². The van der Waals surface area contributed by atoms with Crippen molar-refractivity contribution in [2.75, 3.05) is 0 Å². The molecule has 0 aliphatic rings. The minimum absolute atomic E-state index is 0.209. The largest absolute Gasteiger partial charge is 0.235 e. The molecule has 0 aliphatic carbocycles. The molecule has 124 valence electrons. The smallest absolute Gasteiger partial charge is 0.211 e. The van der Waals surface area contributed by atoms with Gasteiger partial charge in [0.05, 0.1) is 5.54 Å². The lowest BCUT2D eigenvalue weighted by Crippen LogP contribution is -2.15. The summed E-state index contributed by atoms with van der Waals surface area (Å²) in [5.74, 6) is 0. The summed E-state index contributed by atoms with van der Waals surface area (Å²) < 4.78 is 0. The lowest BCUT2D eigenvalue weighted by Gasteiger charge is -2.16. The molecule has 0 rings (SSSR count). The SMILES string of the molecule is CCCCCCCCCCCCCCCC(C)(C)N=C=O. The zero-order chi connectivity index (χ0) is 15.8. The minimum Gasteiger partial charge on any atom is -0.211 e. The fraction of sp³-hybridized carbons (Fsp3) is 0.947. The van der Waals surface area contributed by atoms with Crippen molar-refractivity contribution >= 4 is 6.08 Å². The van der Waals surface area contributed by atoms with Crippen molar-refractivity contribution in [3.8, 4) is 0 Å². The fourth-order valence-corrected chi connectivity index (χ4v) is 2.75. The number of nitrogens with zero attached hydrogens (tertiary/aromatic N) is 1. The van der Waals surface area contributed by atoms with E-state index in [2.05, 4.69) is 11.9 Å². The molecule has 2 heteroatoms. The second-order valence-electron chi connectivity index (χ2n) is 7.01. The van der Waals surface area contributed by atoms with Crippen molar-refractivity contribution in [1.29, 1.82) is 0 Å². The van der Waals surface area contributed by atoms with Crippen LogP contribution < -0.4 is 0 Å². The van der Waals surface area contributed by atoms with Gasteiger partial charge in [0, 0.05) is 0 Å². The van der Waals surface area contributed by atoms with Crippen LogP contribution in [-0.2, 0) is 4.79 Å². The summed E-state index contributed by atoms with van der Waals surface area (Å²) in [5, 5.41) is 0. The number of carbonyl (C=O) groups excluding carboxylic acids is 1. The van der Waals surface area contributed by atoms with Gasteiger partial charge < -0.3 is 0 Å². The molecule has 0 atom stereocenters. The van der Waals surface area contributed by atoms with Gasteiger partial charge in [-0.05, 0) is 20.3 Å². The highest BCUT2D eigenvalue weighted by atomic mass is 16.1. The van der Waals surface area contributed by atoms with E-state index >= 15 is 0 Å². The van der Waals surface area contributed by atoms with E-state index in [1.165, 1.54) is 83.5 Å². The normalized spacial score (nSPS) is 11.4. The molecule has 0 aromatic carbocycles. The maximum absolute atomic E-state index is 10.3. The van der Waals surface area contributed by atoms with E-state index in [1.807, 2.05) is 13.8 Å². The Hall–Kier alpha value is -0.620. The number of unbranched alkanes of at least 4 members (excludes halogenated alkanes) is 12. The van der Waals surface area contributed by atoms with E-state index in [0.717, 1.165) is 6.42 Å². The quantitative estimate of drug-likeness (QED) is 0.190. The summed E-state index contributed by atoms with van der Waals surface area (Å²) in [5.41, 5.74) is -0.209. The van der Waals surface area contributed by atoms with Crippen LogP contribution in [-0.4, -0.2) is 11.6 Å². The second kappa shape index (κ2) is 14.3. The van der Waals surface area contributed by atoms with Crippen LogP contribution in [0.3, 0.4) is 0 Å². The van der Waals surface area contributed by atoms with Gasteiger partial charge in [0.15, 0.2) is 0 Å². The van der Waals surface area contributed by atoms with E-state index < -0.39 is 0 Å². The topological polar surface area (TPSA) is 29.4 Å². The van der Waals surface area contributed by atoms with Gasteiger partial charge in [0.25, 0.3) is 0 Å². The Labute approximate surface area is 132 Å². The molecule has 21 heavy (non-hydrogen) atoms. The molecule has 2 nitrogen and oxygen atoms in total. The van der Waals surface area contributed by atoms with Gasteiger partial charge in [-0.25, -0.2) is 4.79 Å². The van der Waals surface area contributed by atoms with Crippen LogP contribution >= 0.6 is 0 Å². The van der Waals surface area contributed by atoms with E-state index in [0.29, 0.717) is 0 Å². The predicted molar refractivity (Wildman–Crippen MR) is 92.5 cm³/mol. The molecule has 0 bridgehead atoms. The molecule has 0 N–H and O–H groups in total. The van der Waals surface area contributed by atoms with Crippen LogP contribution in [0.15, 0.2) is 4.99 Å². The molecule has 0 fully saturated rings. The highest BCUT2D eigenvalue weighted by Crippen LogP contribution is 2.19. The Bertz CT molecular complexity index is 267. The summed E-state index contributed by atoms with van der Waals surface area (Å²) in [6.07, 6.45) is 20.6. The van der Waals surface area contributed by atoms with E-state index in [4.69, 9.17) is 0 Å². The molecule has 0 spiro atoms. The number of isocyanates is 1. The second-order valence-corrected chi connectivity index (χ2v) is 7.01. The molecule has 0 radical (unpaired) electrons. The number of hydrogen-bond donors (Lipinski definition) is 0. The third-order valence-corrected chi connectivity index (χ3v) is 4.24. The first kappa shape index (κ1) is 20.4. The summed E-state index contributed by atoms with van der Waals surface area (Å²) >= 11 is 0. The Kier molecular flexibility index (Phi) is 13.9. The Morgan fingerprint density at radius 2 is 1.10 bits per heavy atom. The first-order valence-corrected chi connectivity index (χ1v) is 9.21. The first-order chi connectivity index (χ1) is 10.1. The first-order valence-electron chi connectivity index (χ1n) is 9.21. The molecule has 0 aliphatic heterocycles. The van der Waals surface area contributed by atoms with Gasteiger partial charge in [-0.15, -0.1) is 0 Å². The number of aliphatic imine (C=N–C) groups is 1. The minimum atomic E-state index is -0.209. The molecule has 0 aromatic rings. The third-order valence-electron chi connectivity index (χ3n) is 4.24. The van der Waals surface area contributed by atoms with Crippen LogP contribution in [0.25, 0.3) is 0 Å². The van der Waals surface area contributed by atoms with Gasteiger partial charge >= 0.3 is 0 Å². The van der Waals surface area contributed by atoms with Crippen LogP contribution in [0, 0.1) is 0 Å². The van der Waals surface area contributed by atoms with Gasteiger partial charge in [0.2, 0.25) is 6.08 Å². The third kappa shape index (κ3) is 15.6. The molecule has 0 saturated heterocycles. The van der Waals surface area contributed by atoms with Crippen LogP contribution in [0.4, 0.5) is 0 Å². The van der Waals surface area contributed by atoms with Gasteiger partial charge in [-0.2, -0.15) is 4.99 Å². The molecule has 0 aromatic heterocycles. The van der Waals surface area contributed by atoms with Crippen LogP contribution in [0.5, 0.6) is 0 Å². The van der Waals surface area contributed by atoms with Gasteiger partial charge in [-0.1, -0.05) is 90.4 Å². The summed E-state index contributed by atoms with van der Waals surface area (Å²) in [4.78, 5) is 14.1. The highest BCUT2D eigenvalue weighted by Gasteiger charge is 2.14. The standard InChI is InChI=1S/C19H37NO/c1-4-5-6-7-8-9-10-11-12-13-14-15-16-17-19(2,3)20-18-21/h4-17H2,1-3H3. The predicted octanol–water partition coefficient (Wildman–Crippen LogP) is 6.58. The van der Waals surface area contributed by atoms with Crippen molar-refractivity contribution < 1.29 is 4.79 Å². The average molecular weight is 296 g/mol. The number of hydrogen-bond acceptors (Lipinski definition) is 2. The van der Waals surface area contributed by atoms with E-state index in [-0.39, 0.29) is 5.54 Å². The van der Waals surface area contributed by atoms with Crippen LogP contribution in [0.2, 0.25) is 0 Å². The zero-order valence-corrected chi connectivity index (χ0v) is 14.8. The van der Waals surface area contributed by atoms with Crippen molar-refractivity contribution in [2.45, 2.75) is 116 Å². The monoisotopic (exact) mass is 295 g/mol. The average Bonchev–Trinajstić information content (AvgIpc) is 2.44. The van der Waals surface area contributed by atoms with Gasteiger partial charge in [-0.3, -0.25) is 0 Å². The Morgan fingerprint density at radius 1 is 0.714 bits per heavy atom. The van der Waals surface area contributed by atoms with E-state index in [1.54, 1.807) is 6.08 Å².